The summed E-state index contributed by atoms with van der Waals surface area (Å²) in [4.78, 5) is 11.7. The lowest BCUT2D eigenvalue weighted by Gasteiger charge is -2.12. The summed E-state index contributed by atoms with van der Waals surface area (Å²) in [6.07, 6.45) is -0.956. The van der Waals surface area contributed by atoms with Gasteiger partial charge in [0, 0.05) is 0 Å². The van der Waals surface area contributed by atoms with Gasteiger partial charge in [-0.1, -0.05) is 11.6 Å². The minimum Gasteiger partial charge on any atom is -0.444 e. The largest absolute Gasteiger partial charge is 0.444 e. The first-order valence-electron chi connectivity index (χ1n) is 6.91. The minimum atomic E-state index is -4.03. The highest BCUT2D eigenvalue weighted by atomic mass is 35.5. The molecule has 0 amide bonds. The molecule has 0 aliphatic carbocycles. The van der Waals surface area contributed by atoms with Crippen molar-refractivity contribution in [3.63, 3.8) is 0 Å². The molecule has 25 heavy (non-hydrogen) atoms. The summed E-state index contributed by atoms with van der Waals surface area (Å²) < 4.78 is 44.6. The quantitative estimate of drug-likeness (QED) is 0.800. The van der Waals surface area contributed by atoms with Gasteiger partial charge in [0.05, 0.1) is 21.2 Å². The van der Waals surface area contributed by atoms with Crippen molar-refractivity contribution >= 4 is 33.3 Å². The number of hydrogen-bond donors (Lipinski definition) is 1. The van der Waals surface area contributed by atoms with E-state index < -0.39 is 27.9 Å². The van der Waals surface area contributed by atoms with Crippen molar-refractivity contribution in [1.29, 1.82) is 5.26 Å². The van der Waals surface area contributed by atoms with Crippen LogP contribution >= 0.6 is 11.6 Å². The molecule has 9 heteroatoms. The number of sulfonamides is 1. The van der Waals surface area contributed by atoms with Gasteiger partial charge in [-0.3, -0.25) is 4.72 Å². The van der Waals surface area contributed by atoms with Crippen LogP contribution in [0.1, 0.15) is 17.3 Å². The number of anilines is 1. The van der Waals surface area contributed by atoms with Crippen LogP contribution in [0.5, 0.6) is 0 Å². The summed E-state index contributed by atoms with van der Waals surface area (Å²) in [5.74, 6) is -1.37. The average Bonchev–Trinajstić information content (AvgIpc) is 2.56. The van der Waals surface area contributed by atoms with Crippen LogP contribution in [-0.2, 0) is 14.8 Å². The molecular formula is C16H12ClFN2O4S. The third-order valence-corrected chi connectivity index (χ3v) is 4.75. The number of nitrogens with zero attached hydrogens (tertiary/aromatic N) is 1. The Morgan fingerprint density at radius 3 is 2.52 bits per heavy atom. The van der Waals surface area contributed by atoms with Gasteiger partial charge in [0.1, 0.15) is 11.9 Å². The van der Waals surface area contributed by atoms with Crippen LogP contribution in [0.3, 0.4) is 0 Å². The van der Waals surface area contributed by atoms with Gasteiger partial charge in [0.2, 0.25) is 0 Å². The molecule has 1 N–H and O–H groups in total. The molecule has 1 atom stereocenters. The number of hydrogen-bond acceptors (Lipinski definition) is 5. The molecule has 130 valence electrons. The molecule has 0 radical (unpaired) electrons. The molecule has 0 aromatic heterocycles. The average molecular weight is 383 g/mol. The maximum atomic E-state index is 12.9. The Bertz CT molecular complexity index is 940. The monoisotopic (exact) mass is 382 g/mol. The van der Waals surface area contributed by atoms with Crippen LogP contribution in [0.15, 0.2) is 47.4 Å². The van der Waals surface area contributed by atoms with Crippen molar-refractivity contribution in [2.45, 2.75) is 17.9 Å². The van der Waals surface area contributed by atoms with Crippen LogP contribution in [0, 0.1) is 17.1 Å². The van der Waals surface area contributed by atoms with Crippen LogP contribution < -0.4 is 4.72 Å². The third kappa shape index (κ3) is 4.68. The molecule has 0 aliphatic rings. The number of halogens is 2. The Balaban J connectivity index is 2.30. The molecule has 0 spiro atoms. The summed E-state index contributed by atoms with van der Waals surface area (Å²) in [6.45, 7) is 1.39. The molecule has 2 aromatic rings. The summed E-state index contributed by atoms with van der Waals surface area (Å²) in [5.41, 5.74) is -0.0339. The molecular weight excluding hydrogens is 371 g/mol. The second-order valence-corrected chi connectivity index (χ2v) is 7.02. The van der Waals surface area contributed by atoms with E-state index in [0.29, 0.717) is 0 Å². The Morgan fingerprint density at radius 1 is 1.28 bits per heavy atom. The smallest absolute Gasteiger partial charge is 0.339 e. The fourth-order valence-corrected chi connectivity index (χ4v) is 3.09. The number of nitriles is 1. The van der Waals surface area contributed by atoms with E-state index in [-0.39, 0.29) is 21.2 Å². The van der Waals surface area contributed by atoms with Crippen molar-refractivity contribution in [1.82, 2.24) is 0 Å². The normalized spacial score (nSPS) is 12.1. The number of ether oxygens (including phenoxy) is 1. The van der Waals surface area contributed by atoms with E-state index in [1.807, 2.05) is 0 Å². The van der Waals surface area contributed by atoms with Crippen molar-refractivity contribution < 1.29 is 22.3 Å². The zero-order valence-electron chi connectivity index (χ0n) is 12.9. The first-order chi connectivity index (χ1) is 11.7. The fourth-order valence-electron chi connectivity index (χ4n) is 1.80. The molecule has 0 saturated heterocycles. The summed E-state index contributed by atoms with van der Waals surface area (Å²) in [5, 5.41) is 8.71. The van der Waals surface area contributed by atoms with E-state index in [0.717, 1.165) is 24.3 Å². The maximum Gasteiger partial charge on any atom is 0.339 e. The summed E-state index contributed by atoms with van der Waals surface area (Å²) >= 11 is 5.96. The lowest BCUT2D eigenvalue weighted by molar-refractivity contribution is 0.0435. The molecule has 0 unspecified atom stereocenters. The van der Waals surface area contributed by atoms with Gasteiger partial charge in [-0.05, 0) is 49.4 Å². The molecule has 2 aromatic carbocycles. The predicted octanol–water partition coefficient (Wildman–Crippen LogP) is 3.35. The maximum absolute atomic E-state index is 12.9. The van der Waals surface area contributed by atoms with Crippen molar-refractivity contribution in [3.8, 4) is 6.07 Å². The zero-order valence-corrected chi connectivity index (χ0v) is 14.4. The molecule has 0 bridgehead atoms. The highest BCUT2D eigenvalue weighted by Crippen LogP contribution is 2.26. The molecule has 0 saturated carbocycles. The van der Waals surface area contributed by atoms with E-state index in [9.17, 15) is 17.6 Å². The van der Waals surface area contributed by atoms with Gasteiger partial charge in [-0.25, -0.2) is 17.6 Å². The Hall–Kier alpha value is -2.63. The summed E-state index contributed by atoms with van der Waals surface area (Å²) in [7, 11) is -4.03. The van der Waals surface area contributed by atoms with E-state index in [2.05, 4.69) is 4.72 Å². The third-order valence-electron chi connectivity index (χ3n) is 3.04. The minimum absolute atomic E-state index is 0.0170. The van der Waals surface area contributed by atoms with E-state index in [1.165, 1.54) is 25.1 Å². The van der Waals surface area contributed by atoms with Gasteiger partial charge >= 0.3 is 5.97 Å². The first kappa shape index (κ1) is 18.7. The summed E-state index contributed by atoms with van der Waals surface area (Å²) in [6, 6.07) is 9.80. The van der Waals surface area contributed by atoms with Crippen LogP contribution in [0.25, 0.3) is 0 Å². The second kappa shape index (κ2) is 7.51. The van der Waals surface area contributed by atoms with Crippen molar-refractivity contribution in [2.24, 2.45) is 0 Å². The van der Waals surface area contributed by atoms with Gasteiger partial charge in [0.15, 0.2) is 6.10 Å². The highest BCUT2D eigenvalue weighted by Gasteiger charge is 2.18. The van der Waals surface area contributed by atoms with E-state index in [1.54, 1.807) is 6.07 Å². The molecule has 0 fully saturated rings. The standard InChI is InChI=1S/C16H12ClFN2O4S/c1-10(9-19)24-16(21)11-2-7-14(17)15(8-11)20-25(22,23)13-5-3-12(18)4-6-13/h2-8,10,20H,1H3/t10-/m0/s1. The van der Waals surface area contributed by atoms with Crippen molar-refractivity contribution in [2.75, 3.05) is 4.72 Å². The molecule has 0 aliphatic heterocycles. The van der Waals surface area contributed by atoms with Gasteiger partial charge in [-0.15, -0.1) is 0 Å². The Labute approximate surface area is 148 Å². The van der Waals surface area contributed by atoms with Gasteiger partial charge in [-0.2, -0.15) is 5.26 Å². The van der Waals surface area contributed by atoms with Gasteiger partial charge < -0.3 is 4.74 Å². The SMILES string of the molecule is C[C@@H](C#N)OC(=O)c1ccc(Cl)c(NS(=O)(=O)c2ccc(F)cc2)c1. The molecule has 2 rings (SSSR count). The number of carbonyl (C=O) groups excluding carboxylic acids is 1. The highest BCUT2D eigenvalue weighted by molar-refractivity contribution is 7.92. The lowest BCUT2D eigenvalue weighted by atomic mass is 10.2. The Kier molecular flexibility index (Phi) is 5.62. The topological polar surface area (TPSA) is 96.3 Å². The van der Waals surface area contributed by atoms with Crippen molar-refractivity contribution in [3.05, 3.63) is 58.9 Å². The lowest BCUT2D eigenvalue weighted by Crippen LogP contribution is -2.15. The fraction of sp³-hybridized carbons (Fsp3) is 0.125. The first-order valence-corrected chi connectivity index (χ1v) is 8.77. The van der Waals surface area contributed by atoms with Gasteiger partial charge in [0.25, 0.3) is 10.0 Å². The van der Waals surface area contributed by atoms with Crippen LogP contribution in [0.4, 0.5) is 10.1 Å². The Morgan fingerprint density at radius 2 is 1.92 bits per heavy atom. The molecule has 6 nitrogen and oxygen atoms in total. The number of nitrogens with one attached hydrogen (secondary N) is 1. The number of benzene rings is 2. The van der Waals surface area contributed by atoms with Crippen LogP contribution in [0.2, 0.25) is 5.02 Å². The van der Waals surface area contributed by atoms with Crippen LogP contribution in [-0.4, -0.2) is 20.5 Å². The second-order valence-electron chi connectivity index (χ2n) is 4.93. The van der Waals surface area contributed by atoms with E-state index in [4.69, 9.17) is 21.6 Å². The zero-order chi connectivity index (χ0) is 18.6. The number of carbonyl (C=O) groups is 1. The van der Waals surface area contributed by atoms with E-state index >= 15 is 0 Å². The number of esters is 1. The molecule has 0 heterocycles. The number of rotatable bonds is 5. The predicted molar refractivity (Wildman–Crippen MR) is 89.2 cm³/mol.